The van der Waals surface area contributed by atoms with Gasteiger partial charge in [-0.1, -0.05) is 6.92 Å². The van der Waals surface area contributed by atoms with Gasteiger partial charge in [-0.25, -0.2) is 0 Å². The van der Waals surface area contributed by atoms with E-state index in [9.17, 15) is 9.59 Å². The zero-order valence-electron chi connectivity index (χ0n) is 8.90. The molecule has 6 heteroatoms. The number of ketones is 1. The lowest BCUT2D eigenvalue weighted by Gasteiger charge is -2.16. The minimum Gasteiger partial charge on any atom is -0.369 e. The fraction of sp³-hybridized carbons (Fsp3) is 0.400. The fourth-order valence-electron chi connectivity index (χ4n) is 1.27. The molecule has 0 radical (unpaired) electrons. The number of carbonyl (C=O) groups excluding carboxylic acids is 2. The number of primary amides is 1. The van der Waals surface area contributed by atoms with E-state index in [1.54, 1.807) is 4.90 Å². The molecule has 0 saturated carbocycles. The second kappa shape index (κ2) is 6.12. The molecule has 1 aromatic rings. The molecule has 0 aromatic carbocycles. The summed E-state index contributed by atoms with van der Waals surface area (Å²) in [6, 6.07) is 1.84. The molecule has 0 saturated heterocycles. The number of thiophene rings is 1. The Bertz CT molecular complexity index is 392. The van der Waals surface area contributed by atoms with E-state index in [2.05, 4.69) is 15.9 Å². The fourth-order valence-corrected chi connectivity index (χ4v) is 2.79. The van der Waals surface area contributed by atoms with Crippen LogP contribution in [0, 0.1) is 0 Å². The third-order valence-electron chi connectivity index (χ3n) is 2.06. The van der Waals surface area contributed by atoms with Gasteiger partial charge in [0.25, 0.3) is 0 Å². The summed E-state index contributed by atoms with van der Waals surface area (Å²) in [5, 5.41) is 1.85. The molecule has 4 nitrogen and oxygen atoms in total. The van der Waals surface area contributed by atoms with Crippen molar-refractivity contribution in [2.75, 3.05) is 19.6 Å². The number of nitrogens with two attached hydrogens (primary N) is 1. The second-order valence-electron chi connectivity index (χ2n) is 3.29. The Balaban J connectivity index is 2.62. The first kappa shape index (κ1) is 13.3. The first-order valence-corrected chi connectivity index (χ1v) is 6.48. The van der Waals surface area contributed by atoms with Crippen LogP contribution >= 0.6 is 27.3 Å². The van der Waals surface area contributed by atoms with Crippen LogP contribution in [0.15, 0.2) is 15.9 Å². The van der Waals surface area contributed by atoms with E-state index in [1.165, 1.54) is 11.3 Å². The number of rotatable bonds is 6. The summed E-state index contributed by atoms with van der Waals surface area (Å²) in [6.45, 7) is 2.85. The average molecular weight is 305 g/mol. The van der Waals surface area contributed by atoms with Crippen LogP contribution in [-0.2, 0) is 4.79 Å². The topological polar surface area (TPSA) is 63.4 Å². The Kier molecular flexibility index (Phi) is 5.11. The van der Waals surface area contributed by atoms with E-state index in [1.807, 2.05) is 18.4 Å². The van der Waals surface area contributed by atoms with E-state index in [4.69, 9.17) is 5.73 Å². The molecule has 2 N–H and O–H groups in total. The number of Topliss-reactive ketones (excluding diaryl/α,β-unsaturated/α-hetero) is 1. The third kappa shape index (κ3) is 3.70. The molecule has 0 aliphatic rings. The normalized spacial score (nSPS) is 10.7. The summed E-state index contributed by atoms with van der Waals surface area (Å²) in [6.07, 6.45) is 0. The van der Waals surface area contributed by atoms with Crippen LogP contribution in [0.25, 0.3) is 0 Å². The quantitative estimate of drug-likeness (QED) is 0.810. The van der Waals surface area contributed by atoms with E-state index in [-0.39, 0.29) is 18.9 Å². The van der Waals surface area contributed by atoms with Crippen LogP contribution in [0.2, 0.25) is 0 Å². The van der Waals surface area contributed by atoms with Gasteiger partial charge in [0.15, 0.2) is 5.78 Å². The molecular formula is C10H13BrN2O2S. The number of nitrogens with zero attached hydrogens (tertiary/aromatic N) is 1. The van der Waals surface area contributed by atoms with Crippen molar-refractivity contribution < 1.29 is 9.59 Å². The lowest BCUT2D eigenvalue weighted by atomic mass is 10.3. The molecule has 0 bridgehead atoms. The first-order chi connectivity index (χ1) is 7.54. The Hall–Kier alpha value is -0.720. The van der Waals surface area contributed by atoms with Gasteiger partial charge in [-0.2, -0.15) is 0 Å². The summed E-state index contributed by atoms with van der Waals surface area (Å²) in [7, 11) is 0. The van der Waals surface area contributed by atoms with Crippen molar-refractivity contribution in [1.82, 2.24) is 4.90 Å². The average Bonchev–Trinajstić information content (AvgIpc) is 2.62. The summed E-state index contributed by atoms with van der Waals surface area (Å²) in [5.74, 6) is -0.412. The molecule has 0 atom stereocenters. The summed E-state index contributed by atoms with van der Waals surface area (Å²) < 4.78 is 0.803. The Morgan fingerprint density at radius 3 is 2.62 bits per heavy atom. The predicted molar refractivity (Wildman–Crippen MR) is 67.7 cm³/mol. The number of amides is 1. The maximum atomic E-state index is 11.9. The highest BCUT2D eigenvalue weighted by atomic mass is 79.9. The van der Waals surface area contributed by atoms with E-state index in [0.29, 0.717) is 11.4 Å². The number of hydrogen-bond donors (Lipinski definition) is 1. The summed E-state index contributed by atoms with van der Waals surface area (Å²) in [4.78, 5) is 25.0. The van der Waals surface area contributed by atoms with Gasteiger partial charge in [0.1, 0.15) is 0 Å². The minimum atomic E-state index is -0.417. The van der Waals surface area contributed by atoms with Crippen molar-refractivity contribution in [3.8, 4) is 0 Å². The van der Waals surface area contributed by atoms with Crippen LogP contribution in [0.5, 0.6) is 0 Å². The molecule has 1 amide bonds. The zero-order valence-corrected chi connectivity index (χ0v) is 11.3. The molecule has 0 aliphatic carbocycles. The summed E-state index contributed by atoms with van der Waals surface area (Å²) >= 11 is 4.70. The Labute approximate surface area is 107 Å². The minimum absolute atomic E-state index is 0.00461. The first-order valence-electron chi connectivity index (χ1n) is 4.81. The number of likely N-dealkylation sites (N-methyl/N-ethyl adjacent to an activating group) is 1. The van der Waals surface area contributed by atoms with Crippen molar-refractivity contribution in [2.24, 2.45) is 5.73 Å². The highest BCUT2D eigenvalue weighted by molar-refractivity contribution is 9.10. The molecule has 0 fully saturated rings. The Morgan fingerprint density at radius 2 is 2.19 bits per heavy atom. The Morgan fingerprint density at radius 1 is 1.50 bits per heavy atom. The second-order valence-corrected chi connectivity index (χ2v) is 5.06. The van der Waals surface area contributed by atoms with Crippen LogP contribution in [0.1, 0.15) is 16.6 Å². The van der Waals surface area contributed by atoms with Crippen molar-refractivity contribution in [3.05, 3.63) is 20.8 Å². The molecular weight excluding hydrogens is 292 g/mol. The molecule has 0 unspecified atom stereocenters. The van der Waals surface area contributed by atoms with Gasteiger partial charge in [-0.3, -0.25) is 14.5 Å². The summed E-state index contributed by atoms with van der Waals surface area (Å²) in [5.41, 5.74) is 5.09. The highest BCUT2D eigenvalue weighted by Crippen LogP contribution is 2.23. The van der Waals surface area contributed by atoms with Gasteiger partial charge >= 0.3 is 0 Å². The largest absolute Gasteiger partial charge is 0.369 e. The SMILES string of the molecule is CCN(CC(N)=O)CC(=O)c1sccc1Br. The van der Waals surface area contributed by atoms with Crippen LogP contribution < -0.4 is 5.73 Å². The van der Waals surface area contributed by atoms with Gasteiger partial charge in [-0.15, -0.1) is 11.3 Å². The van der Waals surface area contributed by atoms with Crippen molar-refractivity contribution >= 4 is 39.0 Å². The number of carbonyl (C=O) groups is 2. The number of hydrogen-bond acceptors (Lipinski definition) is 4. The maximum Gasteiger partial charge on any atom is 0.231 e. The van der Waals surface area contributed by atoms with E-state index < -0.39 is 5.91 Å². The monoisotopic (exact) mass is 304 g/mol. The number of halogens is 1. The molecule has 0 spiro atoms. The van der Waals surface area contributed by atoms with Crippen molar-refractivity contribution in [3.63, 3.8) is 0 Å². The molecule has 1 heterocycles. The van der Waals surface area contributed by atoms with E-state index in [0.717, 1.165) is 4.47 Å². The van der Waals surface area contributed by atoms with Crippen LogP contribution in [-0.4, -0.2) is 36.2 Å². The van der Waals surface area contributed by atoms with Crippen LogP contribution in [0.4, 0.5) is 0 Å². The van der Waals surface area contributed by atoms with E-state index >= 15 is 0 Å². The molecule has 1 rings (SSSR count). The smallest absolute Gasteiger partial charge is 0.231 e. The highest BCUT2D eigenvalue weighted by Gasteiger charge is 2.16. The van der Waals surface area contributed by atoms with Gasteiger partial charge < -0.3 is 5.73 Å². The zero-order chi connectivity index (χ0) is 12.1. The van der Waals surface area contributed by atoms with Gasteiger partial charge in [0.05, 0.1) is 18.0 Å². The van der Waals surface area contributed by atoms with Crippen LogP contribution in [0.3, 0.4) is 0 Å². The lowest BCUT2D eigenvalue weighted by Crippen LogP contribution is -2.37. The third-order valence-corrected chi connectivity index (χ3v) is 3.94. The van der Waals surface area contributed by atoms with Crippen molar-refractivity contribution in [1.29, 1.82) is 0 Å². The maximum absolute atomic E-state index is 11.9. The standard InChI is InChI=1S/C10H13BrN2O2S/c1-2-13(6-9(12)15)5-8(14)10-7(11)3-4-16-10/h3-4H,2,5-6H2,1H3,(H2,12,15). The molecule has 1 aromatic heterocycles. The van der Waals surface area contributed by atoms with Gasteiger partial charge in [0, 0.05) is 4.47 Å². The predicted octanol–water partition coefficient (Wildman–Crippen LogP) is 1.50. The van der Waals surface area contributed by atoms with Crippen molar-refractivity contribution in [2.45, 2.75) is 6.92 Å². The molecule has 0 aliphatic heterocycles. The molecule has 16 heavy (non-hydrogen) atoms. The van der Waals surface area contributed by atoms with Gasteiger partial charge in [-0.05, 0) is 33.9 Å². The lowest BCUT2D eigenvalue weighted by molar-refractivity contribution is -0.118. The molecule has 88 valence electrons. The van der Waals surface area contributed by atoms with Gasteiger partial charge in [0.2, 0.25) is 5.91 Å².